The van der Waals surface area contributed by atoms with Gasteiger partial charge in [-0.25, -0.2) is 6.57 Å². The van der Waals surface area contributed by atoms with Gasteiger partial charge in [-0.1, -0.05) is 39.3 Å². The molecule has 0 aromatic rings. The molecule has 0 aromatic carbocycles. The van der Waals surface area contributed by atoms with Gasteiger partial charge in [-0.3, -0.25) is 0 Å². The number of hydrogen-bond donors (Lipinski definition) is 0. The highest BCUT2D eigenvalue weighted by Crippen LogP contribution is 2.30. The molecule has 1 heteroatoms. The van der Waals surface area contributed by atoms with Gasteiger partial charge in [0.1, 0.15) is 0 Å². The molecule has 0 aliphatic heterocycles. The van der Waals surface area contributed by atoms with E-state index in [1.54, 1.807) is 5.57 Å². The lowest BCUT2D eigenvalue weighted by atomic mass is 9.82. The number of allylic oxidation sites excluding steroid dienone is 2. The van der Waals surface area contributed by atoms with E-state index in [0.717, 1.165) is 12.3 Å². The SMILES string of the molecule is [C-]#[N+]C(CCC(C)C1=CCC(C)CC1)C(C)C. The van der Waals surface area contributed by atoms with Gasteiger partial charge in [0.2, 0.25) is 6.04 Å². The molecular weight excluding hydrogens is 206 g/mol. The highest BCUT2D eigenvalue weighted by Gasteiger charge is 2.21. The third kappa shape index (κ3) is 4.54. The molecule has 3 unspecified atom stereocenters. The third-order valence-electron chi connectivity index (χ3n) is 4.17. The summed E-state index contributed by atoms with van der Waals surface area (Å²) in [5.74, 6) is 2.06. The Balaban J connectivity index is 2.39. The highest BCUT2D eigenvalue weighted by molar-refractivity contribution is 5.09. The highest BCUT2D eigenvalue weighted by atomic mass is 14.7. The van der Waals surface area contributed by atoms with Crippen molar-refractivity contribution in [2.24, 2.45) is 17.8 Å². The van der Waals surface area contributed by atoms with E-state index in [1.807, 2.05) is 0 Å². The van der Waals surface area contributed by atoms with E-state index in [9.17, 15) is 0 Å². The van der Waals surface area contributed by atoms with Gasteiger partial charge in [0, 0.05) is 12.3 Å². The molecule has 1 rings (SSSR count). The van der Waals surface area contributed by atoms with Crippen molar-refractivity contribution in [3.63, 3.8) is 0 Å². The zero-order valence-corrected chi connectivity index (χ0v) is 11.9. The first-order valence-electron chi connectivity index (χ1n) is 7.10. The molecule has 3 atom stereocenters. The Bertz CT molecular complexity index is 295. The first kappa shape index (κ1) is 14.3. The summed E-state index contributed by atoms with van der Waals surface area (Å²) in [6.07, 6.45) is 8.61. The van der Waals surface area contributed by atoms with Crippen LogP contribution in [0.2, 0.25) is 0 Å². The van der Waals surface area contributed by atoms with E-state index in [0.29, 0.717) is 11.8 Å². The zero-order chi connectivity index (χ0) is 12.8. The van der Waals surface area contributed by atoms with Gasteiger partial charge < -0.3 is 4.85 Å². The van der Waals surface area contributed by atoms with E-state index in [-0.39, 0.29) is 6.04 Å². The van der Waals surface area contributed by atoms with Gasteiger partial charge in [-0.05, 0) is 37.5 Å². The minimum absolute atomic E-state index is 0.223. The Morgan fingerprint density at radius 1 is 1.35 bits per heavy atom. The molecule has 1 aliphatic carbocycles. The van der Waals surface area contributed by atoms with Crippen LogP contribution >= 0.6 is 0 Å². The Hall–Kier alpha value is -0.770. The van der Waals surface area contributed by atoms with Gasteiger partial charge in [0.25, 0.3) is 0 Å². The normalized spacial score (nSPS) is 24.0. The van der Waals surface area contributed by atoms with Crippen LogP contribution in [0.1, 0.15) is 59.8 Å². The summed E-state index contributed by atoms with van der Waals surface area (Å²) < 4.78 is 0. The molecule has 1 nitrogen and oxygen atoms in total. The lowest BCUT2D eigenvalue weighted by molar-refractivity contribution is 0.436. The molecule has 17 heavy (non-hydrogen) atoms. The second kappa shape index (κ2) is 6.84. The van der Waals surface area contributed by atoms with Gasteiger partial charge in [0.15, 0.2) is 0 Å². The maximum absolute atomic E-state index is 7.22. The van der Waals surface area contributed by atoms with E-state index in [2.05, 4.69) is 38.6 Å². The van der Waals surface area contributed by atoms with Crippen LogP contribution in [0.25, 0.3) is 4.85 Å². The van der Waals surface area contributed by atoms with Gasteiger partial charge in [-0.15, -0.1) is 0 Å². The monoisotopic (exact) mass is 233 g/mol. The van der Waals surface area contributed by atoms with Crippen molar-refractivity contribution in [1.29, 1.82) is 0 Å². The molecule has 0 heterocycles. The number of rotatable bonds is 5. The van der Waals surface area contributed by atoms with Crippen molar-refractivity contribution in [3.8, 4) is 0 Å². The predicted octanol–water partition coefficient (Wildman–Crippen LogP) is 5.09. The summed E-state index contributed by atoms with van der Waals surface area (Å²) in [5, 5.41) is 0. The van der Waals surface area contributed by atoms with Crippen molar-refractivity contribution in [3.05, 3.63) is 23.1 Å². The Labute approximate surface area is 107 Å². The molecule has 0 radical (unpaired) electrons. The molecule has 0 spiro atoms. The molecule has 0 saturated carbocycles. The molecule has 0 N–H and O–H groups in total. The smallest absolute Gasteiger partial charge is 0.226 e. The fraction of sp³-hybridized carbons (Fsp3) is 0.812. The zero-order valence-electron chi connectivity index (χ0n) is 11.9. The summed E-state index contributed by atoms with van der Waals surface area (Å²) in [6, 6.07) is 0.223. The predicted molar refractivity (Wildman–Crippen MR) is 74.7 cm³/mol. The van der Waals surface area contributed by atoms with Crippen LogP contribution in [0.15, 0.2) is 11.6 Å². The van der Waals surface area contributed by atoms with Crippen LogP contribution in [0, 0.1) is 24.3 Å². The van der Waals surface area contributed by atoms with E-state index in [4.69, 9.17) is 6.57 Å². The lowest BCUT2D eigenvalue weighted by Gasteiger charge is -2.23. The first-order chi connectivity index (χ1) is 8.04. The van der Waals surface area contributed by atoms with E-state index < -0.39 is 0 Å². The quantitative estimate of drug-likeness (QED) is 0.460. The number of hydrogen-bond acceptors (Lipinski definition) is 0. The van der Waals surface area contributed by atoms with Crippen molar-refractivity contribution < 1.29 is 0 Å². The summed E-state index contributed by atoms with van der Waals surface area (Å²) in [6.45, 7) is 16.2. The van der Waals surface area contributed by atoms with Crippen LogP contribution in [-0.2, 0) is 0 Å². The Kier molecular flexibility index (Phi) is 5.75. The molecule has 0 fully saturated rings. The topological polar surface area (TPSA) is 4.36 Å². The summed E-state index contributed by atoms with van der Waals surface area (Å²) in [4.78, 5) is 3.75. The van der Waals surface area contributed by atoms with Gasteiger partial charge in [-0.2, -0.15) is 0 Å². The molecule has 0 aromatic heterocycles. The number of nitrogens with zero attached hydrogens (tertiary/aromatic N) is 1. The van der Waals surface area contributed by atoms with Crippen LogP contribution in [0.4, 0.5) is 0 Å². The maximum atomic E-state index is 7.22. The van der Waals surface area contributed by atoms with Gasteiger partial charge >= 0.3 is 0 Å². The van der Waals surface area contributed by atoms with Crippen LogP contribution in [0.3, 0.4) is 0 Å². The lowest BCUT2D eigenvalue weighted by Crippen LogP contribution is -2.14. The molecular formula is C16H27N. The van der Waals surface area contributed by atoms with Crippen molar-refractivity contribution >= 4 is 0 Å². The third-order valence-corrected chi connectivity index (χ3v) is 4.17. The molecule has 96 valence electrons. The minimum atomic E-state index is 0.223. The van der Waals surface area contributed by atoms with Crippen molar-refractivity contribution in [1.82, 2.24) is 0 Å². The van der Waals surface area contributed by atoms with Crippen LogP contribution in [0.5, 0.6) is 0 Å². The molecule has 0 amide bonds. The standard InChI is InChI=1S/C16H27N/c1-12(2)16(17-5)11-8-14(4)15-9-6-13(3)7-10-15/h9,12-14,16H,6-8,10-11H2,1-4H3. The fourth-order valence-electron chi connectivity index (χ4n) is 2.59. The average molecular weight is 233 g/mol. The summed E-state index contributed by atoms with van der Waals surface area (Å²) in [5.41, 5.74) is 1.65. The fourth-order valence-corrected chi connectivity index (χ4v) is 2.59. The largest absolute Gasteiger partial charge is 0.313 e. The molecule has 1 aliphatic rings. The van der Waals surface area contributed by atoms with Gasteiger partial charge in [0.05, 0.1) is 0 Å². The Morgan fingerprint density at radius 3 is 2.53 bits per heavy atom. The van der Waals surface area contributed by atoms with Crippen molar-refractivity contribution in [2.45, 2.75) is 65.8 Å². The molecule has 0 bridgehead atoms. The van der Waals surface area contributed by atoms with Crippen LogP contribution < -0.4 is 0 Å². The summed E-state index contributed by atoms with van der Waals surface area (Å²) >= 11 is 0. The second-order valence-electron chi connectivity index (χ2n) is 6.08. The minimum Gasteiger partial charge on any atom is -0.313 e. The maximum Gasteiger partial charge on any atom is 0.226 e. The summed E-state index contributed by atoms with van der Waals surface area (Å²) in [7, 11) is 0. The van der Waals surface area contributed by atoms with Crippen LogP contribution in [-0.4, -0.2) is 6.04 Å². The van der Waals surface area contributed by atoms with E-state index in [1.165, 1.54) is 25.7 Å². The van der Waals surface area contributed by atoms with E-state index >= 15 is 0 Å². The van der Waals surface area contributed by atoms with Crippen molar-refractivity contribution in [2.75, 3.05) is 0 Å². The second-order valence-corrected chi connectivity index (χ2v) is 6.08. The Morgan fingerprint density at radius 2 is 2.06 bits per heavy atom. The first-order valence-corrected chi connectivity index (χ1v) is 7.10. The molecule has 0 saturated heterocycles. The average Bonchev–Trinajstić information content (AvgIpc) is 2.30.